The van der Waals surface area contributed by atoms with E-state index in [9.17, 15) is 14.4 Å². The largest absolute Gasteiger partial charge is 0.450 e. The molecular weight excluding hydrogens is 384 g/mol. The number of anilines is 1. The van der Waals surface area contributed by atoms with Gasteiger partial charge in [-0.25, -0.2) is 0 Å². The maximum Gasteiger partial charge on any atom is 0.291 e. The fourth-order valence-corrected chi connectivity index (χ4v) is 4.73. The highest BCUT2D eigenvalue weighted by Gasteiger charge is 2.64. The number of ether oxygens (including phenoxy) is 1. The van der Waals surface area contributed by atoms with Crippen LogP contribution in [-0.4, -0.2) is 43.5 Å². The molecule has 0 bridgehead atoms. The molecule has 0 unspecified atom stereocenters. The summed E-state index contributed by atoms with van der Waals surface area (Å²) in [5.74, 6) is -0.876. The van der Waals surface area contributed by atoms with Gasteiger partial charge < -0.3 is 19.0 Å². The molecule has 2 aliphatic rings. The molecule has 1 spiro atoms. The van der Waals surface area contributed by atoms with E-state index in [2.05, 4.69) is 0 Å². The number of nitrogens with zero attached hydrogens (tertiary/aromatic N) is 2. The van der Waals surface area contributed by atoms with Gasteiger partial charge in [0.2, 0.25) is 5.76 Å². The average molecular weight is 404 g/mol. The minimum absolute atomic E-state index is 0.0732. The van der Waals surface area contributed by atoms with Gasteiger partial charge in [0.1, 0.15) is 5.58 Å². The molecule has 0 saturated carbocycles. The Morgan fingerprint density at radius 1 is 1.03 bits per heavy atom. The van der Waals surface area contributed by atoms with E-state index in [0.717, 1.165) is 0 Å². The monoisotopic (exact) mass is 404 g/mol. The van der Waals surface area contributed by atoms with Crippen LogP contribution in [0.5, 0.6) is 0 Å². The van der Waals surface area contributed by atoms with Crippen LogP contribution in [0.3, 0.4) is 0 Å². The molecule has 3 heterocycles. The third-order valence-electron chi connectivity index (χ3n) is 5.98. The second-order valence-electron chi connectivity index (χ2n) is 7.36. The van der Waals surface area contributed by atoms with Crippen LogP contribution >= 0.6 is 0 Å². The molecule has 0 radical (unpaired) electrons. The number of fused-ring (bicyclic) bond motifs is 5. The van der Waals surface area contributed by atoms with E-state index in [1.165, 1.54) is 12.0 Å². The van der Waals surface area contributed by atoms with Crippen molar-refractivity contribution in [1.82, 2.24) is 4.90 Å². The fraction of sp³-hybridized carbons (Fsp3) is 0.261. The Bertz CT molecular complexity index is 1260. The van der Waals surface area contributed by atoms with Crippen molar-refractivity contribution in [2.45, 2.75) is 12.5 Å². The first-order valence-electron chi connectivity index (χ1n) is 9.86. The lowest BCUT2D eigenvalue weighted by Gasteiger charge is -2.34. The molecular formula is C23H20N2O5. The highest BCUT2D eigenvalue weighted by Crippen LogP contribution is 2.52. The topological polar surface area (TPSA) is 80.1 Å². The van der Waals surface area contributed by atoms with E-state index in [0.29, 0.717) is 28.8 Å². The maximum atomic E-state index is 13.9. The molecule has 2 aromatic carbocycles. The Balaban J connectivity index is 1.92. The predicted molar refractivity (Wildman–Crippen MR) is 111 cm³/mol. The number of hydrogen-bond donors (Lipinski definition) is 0. The summed E-state index contributed by atoms with van der Waals surface area (Å²) in [5.41, 5.74) is -0.188. The lowest BCUT2D eigenvalue weighted by molar-refractivity contribution is -0.126. The first-order chi connectivity index (χ1) is 14.6. The van der Waals surface area contributed by atoms with Gasteiger partial charge in [0.25, 0.3) is 11.8 Å². The van der Waals surface area contributed by atoms with Crippen LogP contribution in [0.15, 0.2) is 57.7 Å². The Morgan fingerprint density at radius 3 is 2.53 bits per heavy atom. The highest BCUT2D eigenvalue weighted by molar-refractivity contribution is 6.17. The molecule has 2 aliphatic heterocycles. The molecule has 152 valence electrons. The van der Waals surface area contributed by atoms with Gasteiger partial charge in [-0.15, -0.1) is 0 Å². The highest BCUT2D eigenvalue weighted by atomic mass is 16.5. The van der Waals surface area contributed by atoms with Crippen molar-refractivity contribution in [3.05, 3.63) is 75.6 Å². The third kappa shape index (κ3) is 2.10. The standard InChI is InChI=1S/C23H20N2O5/c1-3-24-16-10-6-5-9-15(16)23(22(24)28)18-19(26)14-8-4-7-11-17(14)30-20(18)21(27)25(23)12-13-29-2/h4-11H,3,12-13H2,1-2H3/t23-/m0/s1. The lowest BCUT2D eigenvalue weighted by atomic mass is 9.84. The summed E-state index contributed by atoms with van der Waals surface area (Å²) in [6, 6.07) is 14.1. The van der Waals surface area contributed by atoms with Crippen LogP contribution in [-0.2, 0) is 15.1 Å². The van der Waals surface area contributed by atoms with Gasteiger partial charge in [-0.1, -0.05) is 30.3 Å². The predicted octanol–water partition coefficient (Wildman–Crippen LogP) is 2.51. The quantitative estimate of drug-likeness (QED) is 0.668. The summed E-state index contributed by atoms with van der Waals surface area (Å²) in [7, 11) is 1.53. The van der Waals surface area contributed by atoms with Crippen molar-refractivity contribution in [2.75, 3.05) is 31.7 Å². The zero-order valence-corrected chi connectivity index (χ0v) is 16.7. The Morgan fingerprint density at radius 2 is 1.77 bits per heavy atom. The first kappa shape index (κ1) is 18.6. The molecule has 30 heavy (non-hydrogen) atoms. The van der Waals surface area contributed by atoms with Gasteiger partial charge in [-0.2, -0.15) is 0 Å². The average Bonchev–Trinajstić information content (AvgIpc) is 3.16. The number of hydrogen-bond acceptors (Lipinski definition) is 5. The van der Waals surface area contributed by atoms with Crippen LogP contribution in [0.25, 0.3) is 11.0 Å². The van der Waals surface area contributed by atoms with E-state index in [1.54, 1.807) is 35.2 Å². The summed E-state index contributed by atoms with van der Waals surface area (Å²) >= 11 is 0. The normalized spacial score (nSPS) is 19.8. The summed E-state index contributed by atoms with van der Waals surface area (Å²) in [4.78, 5) is 44.1. The van der Waals surface area contributed by atoms with Gasteiger partial charge in [-0.05, 0) is 25.1 Å². The molecule has 0 N–H and O–H groups in total. The van der Waals surface area contributed by atoms with E-state index in [4.69, 9.17) is 9.15 Å². The van der Waals surface area contributed by atoms with Gasteiger partial charge in [0.05, 0.1) is 23.2 Å². The van der Waals surface area contributed by atoms with Crippen LogP contribution in [0.1, 0.15) is 28.6 Å². The molecule has 1 aromatic heterocycles. The molecule has 2 amide bonds. The van der Waals surface area contributed by atoms with E-state index in [-0.39, 0.29) is 35.8 Å². The fourth-order valence-electron chi connectivity index (χ4n) is 4.73. The molecule has 0 fully saturated rings. The van der Waals surface area contributed by atoms with Crippen LogP contribution in [0, 0.1) is 0 Å². The van der Waals surface area contributed by atoms with Gasteiger partial charge in [0.15, 0.2) is 11.0 Å². The molecule has 3 aromatic rings. The van der Waals surface area contributed by atoms with Crippen LogP contribution in [0.2, 0.25) is 0 Å². The molecule has 0 saturated heterocycles. The van der Waals surface area contributed by atoms with Crippen molar-refractivity contribution in [2.24, 2.45) is 0 Å². The van der Waals surface area contributed by atoms with Crippen molar-refractivity contribution in [1.29, 1.82) is 0 Å². The van der Waals surface area contributed by atoms with Crippen molar-refractivity contribution >= 4 is 28.5 Å². The van der Waals surface area contributed by atoms with Gasteiger partial charge in [-0.3, -0.25) is 14.4 Å². The molecule has 1 atom stereocenters. The molecule has 5 rings (SSSR count). The first-order valence-corrected chi connectivity index (χ1v) is 9.86. The number of carbonyl (C=O) groups excluding carboxylic acids is 2. The minimum atomic E-state index is -1.55. The number of methoxy groups -OCH3 is 1. The van der Waals surface area contributed by atoms with Crippen LogP contribution in [0.4, 0.5) is 5.69 Å². The number of benzene rings is 2. The van der Waals surface area contributed by atoms with Crippen LogP contribution < -0.4 is 10.3 Å². The summed E-state index contributed by atoms with van der Waals surface area (Å²) in [6.45, 7) is 2.65. The van der Waals surface area contributed by atoms with Crippen molar-refractivity contribution < 1.29 is 18.7 Å². The number of para-hydroxylation sites is 2. The van der Waals surface area contributed by atoms with E-state index in [1.807, 2.05) is 25.1 Å². The Labute approximate surface area is 172 Å². The zero-order valence-electron chi connectivity index (χ0n) is 16.7. The SMILES string of the molecule is CCN1C(=O)[C@]2(c3ccccc31)c1c(oc3ccccc3c1=O)C(=O)N2CCOC. The molecule has 7 heteroatoms. The molecule has 0 aliphatic carbocycles. The minimum Gasteiger partial charge on any atom is -0.450 e. The van der Waals surface area contributed by atoms with Crippen molar-refractivity contribution in [3.63, 3.8) is 0 Å². The van der Waals surface area contributed by atoms with Crippen molar-refractivity contribution in [3.8, 4) is 0 Å². The van der Waals surface area contributed by atoms with E-state index >= 15 is 0 Å². The Hall–Kier alpha value is -3.45. The number of likely N-dealkylation sites (N-methyl/N-ethyl adjacent to an activating group) is 1. The third-order valence-corrected chi connectivity index (χ3v) is 5.98. The number of carbonyl (C=O) groups is 2. The summed E-state index contributed by atoms with van der Waals surface area (Å²) in [6.07, 6.45) is 0. The van der Waals surface area contributed by atoms with E-state index < -0.39 is 11.4 Å². The number of rotatable bonds is 4. The summed E-state index contributed by atoms with van der Waals surface area (Å²) < 4.78 is 11.1. The molecule has 7 nitrogen and oxygen atoms in total. The maximum absolute atomic E-state index is 13.9. The van der Waals surface area contributed by atoms with Gasteiger partial charge >= 0.3 is 0 Å². The number of amides is 2. The lowest BCUT2D eigenvalue weighted by Crippen LogP contribution is -2.54. The second kappa shape index (κ2) is 6.53. The smallest absolute Gasteiger partial charge is 0.291 e. The Kier molecular flexibility index (Phi) is 4.04. The second-order valence-corrected chi connectivity index (χ2v) is 7.36. The summed E-state index contributed by atoms with van der Waals surface area (Å²) in [5, 5.41) is 0.345. The zero-order chi connectivity index (χ0) is 21.0. The van der Waals surface area contributed by atoms with Gasteiger partial charge in [0, 0.05) is 25.8 Å².